The van der Waals surface area contributed by atoms with Crippen LogP contribution in [0.5, 0.6) is 0 Å². The minimum absolute atomic E-state index is 0.00808. The normalized spacial score (nSPS) is 12.6. The van der Waals surface area contributed by atoms with Crippen molar-refractivity contribution in [3.63, 3.8) is 0 Å². The molecule has 0 bridgehead atoms. The number of hydrogen-bond donors (Lipinski definition) is 1. The smallest absolute Gasteiger partial charge is 0.444 e. The summed E-state index contributed by atoms with van der Waals surface area (Å²) in [5.74, 6) is -1.85. The molecule has 0 aliphatic carbocycles. The van der Waals surface area contributed by atoms with Crippen molar-refractivity contribution < 1.29 is 35.9 Å². The van der Waals surface area contributed by atoms with Gasteiger partial charge in [-0.15, -0.1) is 6.58 Å². The van der Waals surface area contributed by atoms with Gasteiger partial charge in [0.25, 0.3) is 0 Å². The topological polar surface area (TPSA) is 148 Å². The number of alkyl carbamates (subject to hydrolysis) is 1. The van der Waals surface area contributed by atoms with Gasteiger partial charge in [-0.2, -0.15) is 13.2 Å². The van der Waals surface area contributed by atoms with Crippen molar-refractivity contribution in [2.24, 2.45) is 5.11 Å². The maximum Gasteiger partial charge on any atom is 0.471 e. The minimum atomic E-state index is -4.99. The molecule has 0 aromatic heterocycles. The Morgan fingerprint density at radius 3 is 2.11 bits per heavy atom. The molecule has 17 heteroatoms. The number of carbonyl (C=O) groups is 2. The quantitative estimate of drug-likeness (QED) is 0.0369. The van der Waals surface area contributed by atoms with Crippen molar-refractivity contribution in [2.75, 3.05) is 64.7 Å². The van der Waals surface area contributed by atoms with Crippen molar-refractivity contribution in [3.05, 3.63) is 23.1 Å². The highest BCUT2D eigenvalue weighted by Crippen LogP contribution is 2.19. The minimum Gasteiger partial charge on any atom is -0.444 e. The highest BCUT2D eigenvalue weighted by Gasteiger charge is 2.42. The van der Waals surface area contributed by atoms with Gasteiger partial charge in [-0.1, -0.05) is 30.8 Å². The van der Waals surface area contributed by atoms with Gasteiger partial charge in [-0.3, -0.25) is 9.69 Å². The summed E-state index contributed by atoms with van der Waals surface area (Å²) in [6.07, 6.45) is -1.83. The molecule has 0 spiro atoms. The Morgan fingerprint density at radius 2 is 1.56 bits per heavy atom. The zero-order valence-corrected chi connectivity index (χ0v) is 29.7. The third-order valence-electron chi connectivity index (χ3n) is 6.46. The Labute approximate surface area is 268 Å². The fraction of sp³-hybridized carbons (Fsp3) is 0.857. The van der Waals surface area contributed by atoms with E-state index in [4.69, 9.17) is 10.3 Å². The van der Waals surface area contributed by atoms with E-state index >= 15 is 0 Å². The Balaban J connectivity index is 5.12. The fourth-order valence-electron chi connectivity index (χ4n) is 4.17. The Hall–Kier alpha value is -2.33. The first-order chi connectivity index (χ1) is 20.7. The van der Waals surface area contributed by atoms with Crippen LogP contribution < -0.4 is 5.32 Å². The highest BCUT2D eigenvalue weighted by molar-refractivity contribution is 7.89. The molecule has 0 radical (unpaired) electrons. The predicted octanol–water partition coefficient (Wildman–Crippen LogP) is 5.62. The average molecular weight is 686 g/mol. The number of nitrogens with zero attached hydrogens (tertiary/aromatic N) is 6. The van der Waals surface area contributed by atoms with E-state index in [1.54, 1.807) is 26.8 Å². The van der Waals surface area contributed by atoms with E-state index in [0.29, 0.717) is 57.9 Å². The lowest BCUT2D eigenvalue weighted by Crippen LogP contribution is -2.43. The van der Waals surface area contributed by atoms with Crippen LogP contribution in [0.4, 0.5) is 18.0 Å². The number of unbranched alkanes of at least 4 members (excludes halogenated alkanes) is 1. The molecule has 0 rings (SSSR count). The fourth-order valence-corrected chi connectivity index (χ4v) is 8.73. The van der Waals surface area contributed by atoms with Gasteiger partial charge in [-0.25, -0.2) is 17.5 Å². The standard InChI is InChI=1S/C28H54F3N7O5SSi/c1-8-16-36(18-13-20-37(19-12-15-34-35-32)25(39)28(29,30)31)17-9-10-21-38(44(41,42)23-24-45(5,6)7)22-11-14-33-26(40)43-27(2,3)4/h8H,1,9-24H2,2-7H3,(H,33,40). The van der Waals surface area contributed by atoms with Crippen molar-refractivity contribution in [2.45, 2.75) is 90.3 Å². The van der Waals surface area contributed by atoms with Crippen LogP contribution in [-0.4, -0.2) is 119 Å². The van der Waals surface area contributed by atoms with Crippen molar-refractivity contribution >= 4 is 30.1 Å². The lowest BCUT2D eigenvalue weighted by atomic mass is 10.2. The number of rotatable bonds is 23. The molecule has 0 aromatic rings. The summed E-state index contributed by atoms with van der Waals surface area (Å²) < 4.78 is 72.4. The van der Waals surface area contributed by atoms with Gasteiger partial charge in [0.15, 0.2) is 0 Å². The molecule has 0 saturated heterocycles. The van der Waals surface area contributed by atoms with Gasteiger partial charge in [-0.05, 0) is 71.0 Å². The van der Waals surface area contributed by atoms with E-state index in [2.05, 4.69) is 41.6 Å². The van der Waals surface area contributed by atoms with E-state index in [-0.39, 0.29) is 44.9 Å². The summed E-state index contributed by atoms with van der Waals surface area (Å²) >= 11 is 0. The third-order valence-corrected chi connectivity index (χ3v) is 10.4. The van der Waals surface area contributed by atoms with Crippen LogP contribution in [-0.2, 0) is 19.6 Å². The Kier molecular flexibility index (Phi) is 19.6. The number of nitrogens with one attached hydrogen (secondary N) is 1. The molecular formula is C28H54F3N7O5SSi. The van der Waals surface area contributed by atoms with E-state index in [1.165, 1.54) is 4.31 Å². The SMILES string of the molecule is C=CCN(CCCCN(CCCNC(=O)OC(C)(C)C)S(=O)(=O)CC[Si](C)(C)C)CCCN(CCCN=[N+]=[N-])C(=O)C(F)(F)F. The molecule has 0 atom stereocenters. The Bertz CT molecular complexity index is 1060. The molecular weight excluding hydrogens is 631 g/mol. The summed E-state index contributed by atoms with van der Waals surface area (Å²) in [5.41, 5.74) is 7.73. The average Bonchev–Trinajstić information content (AvgIpc) is 2.89. The zero-order valence-electron chi connectivity index (χ0n) is 27.9. The number of amides is 2. The van der Waals surface area contributed by atoms with Gasteiger partial charge < -0.3 is 15.0 Å². The number of halogens is 3. The summed E-state index contributed by atoms with van der Waals surface area (Å²) in [7, 11) is -5.12. The van der Waals surface area contributed by atoms with Crippen LogP contribution in [0.1, 0.15) is 52.9 Å². The predicted molar refractivity (Wildman–Crippen MR) is 174 cm³/mol. The number of carbonyl (C=O) groups excluding carboxylic acids is 2. The monoisotopic (exact) mass is 685 g/mol. The summed E-state index contributed by atoms with van der Waals surface area (Å²) in [5, 5.41) is 5.97. The van der Waals surface area contributed by atoms with Crippen LogP contribution in [0.25, 0.3) is 10.4 Å². The molecule has 12 nitrogen and oxygen atoms in total. The first kappa shape index (κ1) is 42.7. The molecule has 0 aliphatic heterocycles. The first-order valence-electron chi connectivity index (χ1n) is 15.4. The van der Waals surface area contributed by atoms with Crippen LogP contribution in [0, 0.1) is 0 Å². The van der Waals surface area contributed by atoms with E-state index in [1.807, 2.05) is 4.90 Å². The van der Waals surface area contributed by atoms with Gasteiger partial charge in [0.05, 0.1) is 5.75 Å². The summed E-state index contributed by atoms with van der Waals surface area (Å²) in [6.45, 7) is 17.4. The van der Waals surface area contributed by atoms with Gasteiger partial charge in [0, 0.05) is 65.3 Å². The van der Waals surface area contributed by atoms with Crippen molar-refractivity contribution in [1.29, 1.82) is 0 Å². The second kappa shape index (κ2) is 20.7. The maximum absolute atomic E-state index is 13.2. The molecule has 0 aromatic carbocycles. The summed E-state index contributed by atoms with van der Waals surface area (Å²) in [4.78, 5) is 29.1. The molecule has 0 heterocycles. The van der Waals surface area contributed by atoms with Gasteiger partial charge in [0.1, 0.15) is 5.60 Å². The van der Waals surface area contributed by atoms with E-state index in [9.17, 15) is 31.2 Å². The molecule has 262 valence electrons. The van der Waals surface area contributed by atoms with Crippen LogP contribution in [0.15, 0.2) is 17.8 Å². The zero-order chi connectivity index (χ0) is 34.7. The largest absolute Gasteiger partial charge is 0.471 e. The van der Waals surface area contributed by atoms with Crippen LogP contribution in [0.2, 0.25) is 25.7 Å². The molecule has 0 fully saturated rings. The second-order valence-corrected chi connectivity index (χ2v) is 20.8. The highest BCUT2D eigenvalue weighted by atomic mass is 32.2. The molecule has 0 saturated carbocycles. The second-order valence-electron chi connectivity index (χ2n) is 13.1. The molecule has 1 N–H and O–H groups in total. The lowest BCUT2D eigenvalue weighted by molar-refractivity contribution is -0.185. The van der Waals surface area contributed by atoms with E-state index in [0.717, 1.165) is 4.90 Å². The van der Waals surface area contributed by atoms with E-state index < -0.39 is 41.9 Å². The Morgan fingerprint density at radius 1 is 0.978 bits per heavy atom. The van der Waals surface area contributed by atoms with Gasteiger partial charge >= 0.3 is 18.2 Å². The number of sulfonamides is 1. The van der Waals surface area contributed by atoms with Crippen LogP contribution in [0.3, 0.4) is 0 Å². The number of ether oxygens (including phenoxy) is 1. The lowest BCUT2D eigenvalue weighted by Gasteiger charge is -2.27. The number of azide groups is 1. The first-order valence-corrected chi connectivity index (χ1v) is 20.7. The number of alkyl halides is 3. The van der Waals surface area contributed by atoms with Crippen molar-refractivity contribution in [1.82, 2.24) is 19.4 Å². The summed E-state index contributed by atoms with van der Waals surface area (Å²) in [6, 6.07) is 0.633. The molecule has 45 heavy (non-hydrogen) atoms. The van der Waals surface area contributed by atoms with Gasteiger partial charge in [0.2, 0.25) is 10.0 Å². The third kappa shape index (κ3) is 21.9. The maximum atomic E-state index is 13.2. The molecule has 0 unspecified atom stereocenters. The molecule has 2 amide bonds. The van der Waals surface area contributed by atoms with Crippen molar-refractivity contribution in [3.8, 4) is 0 Å². The van der Waals surface area contributed by atoms with Crippen LogP contribution >= 0.6 is 0 Å². The number of hydrogen-bond acceptors (Lipinski definition) is 7. The molecule has 0 aliphatic rings.